The van der Waals surface area contributed by atoms with E-state index >= 15 is 0 Å². The molecular formula is C15H15ClN2OS. The minimum Gasteiger partial charge on any atom is -0.387 e. The molecule has 0 radical (unpaired) electrons. The standard InChI is InChI=1S/C15H15ClN2OS/c1-18(9-13-6-7-15(16)20-13)10-14(19)12-4-2-11(8-17)3-5-12/h2-7,14,19H,9-10H2,1H3. The molecule has 0 aliphatic heterocycles. The highest BCUT2D eigenvalue weighted by Crippen LogP contribution is 2.23. The second-order valence-electron chi connectivity index (χ2n) is 4.65. The quantitative estimate of drug-likeness (QED) is 0.920. The number of hydrogen-bond acceptors (Lipinski definition) is 4. The summed E-state index contributed by atoms with van der Waals surface area (Å²) in [5.74, 6) is 0. The Morgan fingerprint density at radius 2 is 2.00 bits per heavy atom. The Bertz CT molecular complexity index is 603. The first kappa shape index (κ1) is 15.0. The number of aliphatic hydroxyl groups excluding tert-OH is 1. The number of aliphatic hydroxyl groups is 1. The van der Waals surface area contributed by atoms with Gasteiger partial charge in [0.25, 0.3) is 0 Å². The first-order chi connectivity index (χ1) is 9.58. The van der Waals surface area contributed by atoms with Gasteiger partial charge in [-0.25, -0.2) is 0 Å². The van der Waals surface area contributed by atoms with E-state index in [4.69, 9.17) is 16.9 Å². The summed E-state index contributed by atoms with van der Waals surface area (Å²) >= 11 is 7.45. The van der Waals surface area contributed by atoms with Crippen LogP contribution in [0.2, 0.25) is 4.34 Å². The lowest BCUT2D eigenvalue weighted by Crippen LogP contribution is -2.23. The molecule has 0 saturated heterocycles. The minimum absolute atomic E-state index is 0.529. The Morgan fingerprint density at radius 1 is 1.30 bits per heavy atom. The number of nitrogens with zero attached hydrogens (tertiary/aromatic N) is 2. The van der Waals surface area contributed by atoms with E-state index in [9.17, 15) is 5.11 Å². The van der Waals surface area contributed by atoms with E-state index in [1.807, 2.05) is 24.1 Å². The zero-order valence-electron chi connectivity index (χ0n) is 11.1. The number of nitriles is 1. The van der Waals surface area contributed by atoms with Crippen LogP contribution in [-0.2, 0) is 6.54 Å². The van der Waals surface area contributed by atoms with Crippen molar-refractivity contribution in [3.63, 3.8) is 0 Å². The summed E-state index contributed by atoms with van der Waals surface area (Å²) < 4.78 is 0.779. The van der Waals surface area contributed by atoms with Crippen LogP contribution in [0.1, 0.15) is 22.1 Å². The van der Waals surface area contributed by atoms with E-state index in [1.165, 1.54) is 4.88 Å². The van der Waals surface area contributed by atoms with Crippen molar-refractivity contribution >= 4 is 22.9 Å². The number of rotatable bonds is 5. The average molecular weight is 307 g/mol. The summed E-state index contributed by atoms with van der Waals surface area (Å²) in [7, 11) is 1.96. The third-order valence-corrected chi connectivity index (χ3v) is 4.18. The highest BCUT2D eigenvalue weighted by atomic mass is 35.5. The molecule has 5 heteroatoms. The van der Waals surface area contributed by atoms with Crippen LogP contribution in [0.15, 0.2) is 36.4 Å². The Balaban J connectivity index is 1.92. The second-order valence-corrected chi connectivity index (χ2v) is 6.45. The van der Waals surface area contributed by atoms with Crippen molar-refractivity contribution in [2.75, 3.05) is 13.6 Å². The van der Waals surface area contributed by atoms with Gasteiger partial charge in [0, 0.05) is 18.0 Å². The molecule has 20 heavy (non-hydrogen) atoms. The Labute approximate surface area is 127 Å². The normalized spacial score (nSPS) is 12.3. The van der Waals surface area contributed by atoms with Gasteiger partial charge in [0.05, 0.1) is 22.1 Å². The number of likely N-dealkylation sites (N-methyl/N-ethyl adjacent to an activating group) is 1. The van der Waals surface area contributed by atoms with Gasteiger partial charge < -0.3 is 5.11 Å². The molecule has 1 N–H and O–H groups in total. The molecule has 0 saturated carbocycles. The summed E-state index contributed by atoms with van der Waals surface area (Å²) in [4.78, 5) is 3.22. The van der Waals surface area contributed by atoms with Crippen molar-refractivity contribution in [2.24, 2.45) is 0 Å². The van der Waals surface area contributed by atoms with E-state index < -0.39 is 6.10 Å². The molecule has 2 aromatic rings. The van der Waals surface area contributed by atoms with E-state index in [0.29, 0.717) is 12.1 Å². The summed E-state index contributed by atoms with van der Waals surface area (Å²) in [6, 6.07) is 13.0. The molecule has 0 bridgehead atoms. The van der Waals surface area contributed by atoms with Crippen LogP contribution in [0.5, 0.6) is 0 Å². The lowest BCUT2D eigenvalue weighted by molar-refractivity contribution is 0.124. The topological polar surface area (TPSA) is 47.3 Å². The maximum atomic E-state index is 10.2. The smallest absolute Gasteiger partial charge is 0.0991 e. The number of halogens is 1. The predicted molar refractivity (Wildman–Crippen MR) is 81.8 cm³/mol. The summed E-state index contributed by atoms with van der Waals surface area (Å²) in [5, 5.41) is 18.9. The van der Waals surface area contributed by atoms with E-state index in [1.54, 1.807) is 35.6 Å². The predicted octanol–water partition coefficient (Wildman–Crippen LogP) is 3.44. The number of hydrogen-bond donors (Lipinski definition) is 1. The van der Waals surface area contributed by atoms with Gasteiger partial charge in [-0.1, -0.05) is 23.7 Å². The van der Waals surface area contributed by atoms with Crippen molar-refractivity contribution in [1.29, 1.82) is 5.26 Å². The Morgan fingerprint density at radius 3 is 2.55 bits per heavy atom. The van der Waals surface area contributed by atoms with E-state index in [0.717, 1.165) is 16.4 Å². The Hall–Kier alpha value is -1.38. The van der Waals surface area contributed by atoms with Gasteiger partial charge in [-0.3, -0.25) is 4.90 Å². The molecule has 1 aromatic heterocycles. The van der Waals surface area contributed by atoms with Gasteiger partial charge in [-0.2, -0.15) is 5.26 Å². The lowest BCUT2D eigenvalue weighted by atomic mass is 10.1. The molecule has 104 valence electrons. The van der Waals surface area contributed by atoms with Crippen LogP contribution < -0.4 is 0 Å². The molecule has 1 unspecified atom stereocenters. The van der Waals surface area contributed by atoms with Crippen LogP contribution in [0.25, 0.3) is 0 Å². The van der Waals surface area contributed by atoms with Crippen molar-refractivity contribution in [3.05, 3.63) is 56.7 Å². The molecular weight excluding hydrogens is 292 g/mol. The summed E-state index contributed by atoms with van der Waals surface area (Å²) in [6.45, 7) is 1.28. The van der Waals surface area contributed by atoms with Crippen molar-refractivity contribution < 1.29 is 5.11 Å². The molecule has 0 amide bonds. The highest BCUT2D eigenvalue weighted by Gasteiger charge is 2.11. The summed E-state index contributed by atoms with van der Waals surface area (Å²) in [5.41, 5.74) is 1.42. The van der Waals surface area contributed by atoms with Gasteiger partial charge in [0.15, 0.2) is 0 Å². The van der Waals surface area contributed by atoms with Gasteiger partial charge in [-0.15, -0.1) is 11.3 Å². The molecule has 2 rings (SSSR count). The molecule has 0 aliphatic rings. The van der Waals surface area contributed by atoms with Crippen molar-refractivity contribution in [2.45, 2.75) is 12.6 Å². The van der Waals surface area contributed by atoms with E-state index in [2.05, 4.69) is 6.07 Å². The first-order valence-electron chi connectivity index (χ1n) is 6.19. The van der Waals surface area contributed by atoms with Crippen molar-refractivity contribution in [3.8, 4) is 6.07 Å². The van der Waals surface area contributed by atoms with Gasteiger partial charge in [0.1, 0.15) is 0 Å². The second kappa shape index (κ2) is 6.87. The summed E-state index contributed by atoms with van der Waals surface area (Å²) in [6.07, 6.45) is -0.567. The molecule has 1 heterocycles. The maximum Gasteiger partial charge on any atom is 0.0991 e. The zero-order valence-corrected chi connectivity index (χ0v) is 12.7. The molecule has 1 aromatic carbocycles. The monoisotopic (exact) mass is 306 g/mol. The third-order valence-electron chi connectivity index (χ3n) is 2.96. The third kappa shape index (κ3) is 4.06. The Kier molecular flexibility index (Phi) is 5.16. The fourth-order valence-corrected chi connectivity index (χ4v) is 3.12. The number of benzene rings is 1. The van der Waals surface area contributed by atoms with Crippen LogP contribution >= 0.6 is 22.9 Å². The molecule has 0 aliphatic carbocycles. The largest absolute Gasteiger partial charge is 0.387 e. The number of thiophene rings is 1. The highest BCUT2D eigenvalue weighted by molar-refractivity contribution is 7.16. The van der Waals surface area contributed by atoms with Gasteiger partial charge >= 0.3 is 0 Å². The molecule has 1 atom stereocenters. The minimum atomic E-state index is -0.567. The van der Waals surface area contributed by atoms with Crippen LogP contribution in [0, 0.1) is 11.3 Å². The molecule has 0 spiro atoms. The van der Waals surface area contributed by atoms with Gasteiger partial charge in [0.2, 0.25) is 0 Å². The lowest BCUT2D eigenvalue weighted by Gasteiger charge is -2.20. The van der Waals surface area contributed by atoms with Crippen molar-refractivity contribution in [1.82, 2.24) is 4.90 Å². The zero-order chi connectivity index (χ0) is 14.5. The van der Waals surface area contributed by atoms with Crippen LogP contribution in [0.3, 0.4) is 0 Å². The first-order valence-corrected chi connectivity index (χ1v) is 7.39. The molecule has 0 fully saturated rings. The fourth-order valence-electron chi connectivity index (χ4n) is 1.95. The SMILES string of the molecule is CN(Cc1ccc(Cl)s1)CC(O)c1ccc(C#N)cc1. The van der Waals surface area contributed by atoms with Crippen LogP contribution in [-0.4, -0.2) is 23.6 Å². The van der Waals surface area contributed by atoms with Gasteiger partial charge in [-0.05, 0) is 36.9 Å². The fraction of sp³-hybridized carbons (Fsp3) is 0.267. The van der Waals surface area contributed by atoms with Crippen LogP contribution in [0.4, 0.5) is 0 Å². The maximum absolute atomic E-state index is 10.2. The van der Waals surface area contributed by atoms with E-state index in [-0.39, 0.29) is 0 Å². The average Bonchev–Trinajstić information content (AvgIpc) is 2.84. The molecule has 3 nitrogen and oxygen atoms in total.